The van der Waals surface area contributed by atoms with Gasteiger partial charge in [-0.3, -0.25) is 4.90 Å². The van der Waals surface area contributed by atoms with Crippen LogP contribution in [0.3, 0.4) is 0 Å². The van der Waals surface area contributed by atoms with Crippen molar-refractivity contribution in [3.63, 3.8) is 0 Å². The number of aromatic carboxylic acids is 1. The van der Waals surface area contributed by atoms with Gasteiger partial charge in [-0.2, -0.15) is 0 Å². The molecule has 9 heteroatoms. The zero-order valence-corrected chi connectivity index (χ0v) is 15.5. The maximum atomic E-state index is 12.8. The fourth-order valence-corrected chi connectivity index (χ4v) is 4.14. The van der Waals surface area contributed by atoms with E-state index in [1.807, 2.05) is 6.07 Å². The lowest BCUT2D eigenvalue weighted by Gasteiger charge is -2.28. The topological polar surface area (TPSA) is 105 Å². The smallest absolute Gasteiger partial charge is 0.348 e. The van der Waals surface area contributed by atoms with E-state index in [0.717, 1.165) is 11.3 Å². The van der Waals surface area contributed by atoms with Crippen molar-refractivity contribution < 1.29 is 19.4 Å². The standard InChI is InChI=1S/C20H12N4O4S/c25-19(26)17-16-15-13(8-10-22-18(15)29-17)24(20(27)23-16)11-4-6-12(7-5-11)28-14-3-1-2-9-21-14/h1-10H,(H,23,27)(H,25,26). The molecule has 0 aliphatic carbocycles. The second kappa shape index (κ2) is 6.57. The number of nitrogens with zero attached hydrogens (tertiary/aromatic N) is 3. The Morgan fingerprint density at radius 1 is 1.07 bits per heavy atom. The van der Waals surface area contributed by atoms with Crippen LogP contribution in [0.4, 0.5) is 21.9 Å². The normalized spacial score (nSPS) is 12.7. The van der Waals surface area contributed by atoms with Crippen molar-refractivity contribution in [2.75, 3.05) is 10.2 Å². The van der Waals surface area contributed by atoms with Crippen LogP contribution in [0.1, 0.15) is 9.67 Å². The van der Waals surface area contributed by atoms with Crippen LogP contribution in [0, 0.1) is 0 Å². The average Bonchev–Trinajstić information content (AvgIpc) is 3.10. The molecule has 0 fully saturated rings. The summed E-state index contributed by atoms with van der Waals surface area (Å²) in [5.74, 6) is -0.0521. The van der Waals surface area contributed by atoms with Crippen LogP contribution in [0.5, 0.6) is 11.6 Å². The average molecular weight is 404 g/mol. The van der Waals surface area contributed by atoms with E-state index in [2.05, 4.69) is 15.3 Å². The molecule has 0 atom stereocenters. The van der Waals surface area contributed by atoms with Gasteiger partial charge in [-0.05, 0) is 36.4 Å². The molecule has 1 aliphatic rings. The molecule has 4 heterocycles. The fraction of sp³-hybridized carbons (Fsp3) is 0. The Balaban J connectivity index is 1.54. The predicted molar refractivity (Wildman–Crippen MR) is 108 cm³/mol. The number of pyridine rings is 2. The van der Waals surface area contributed by atoms with E-state index >= 15 is 0 Å². The minimum absolute atomic E-state index is 0.0621. The number of carbonyl (C=O) groups is 2. The molecule has 0 radical (unpaired) electrons. The lowest BCUT2D eigenvalue weighted by molar-refractivity contribution is 0.0703. The number of thiophene rings is 1. The summed E-state index contributed by atoms with van der Waals surface area (Å²) in [5.41, 5.74) is 1.48. The summed E-state index contributed by atoms with van der Waals surface area (Å²) in [7, 11) is 0. The highest BCUT2D eigenvalue weighted by atomic mass is 32.1. The minimum Gasteiger partial charge on any atom is -0.477 e. The van der Waals surface area contributed by atoms with E-state index in [-0.39, 0.29) is 10.6 Å². The van der Waals surface area contributed by atoms with Crippen molar-refractivity contribution >= 4 is 50.6 Å². The number of carboxylic acids is 1. The third-order valence-electron chi connectivity index (χ3n) is 4.40. The highest BCUT2D eigenvalue weighted by molar-refractivity contribution is 7.21. The quantitative estimate of drug-likeness (QED) is 0.503. The number of anilines is 3. The SMILES string of the molecule is O=C(O)c1sc2nccc3c2c1NC(=O)N3c1ccc(Oc2ccccn2)cc1. The number of rotatable bonds is 4. The molecule has 1 aliphatic heterocycles. The molecule has 8 nitrogen and oxygen atoms in total. The van der Waals surface area contributed by atoms with Gasteiger partial charge >= 0.3 is 12.0 Å². The first-order valence-electron chi connectivity index (χ1n) is 8.56. The predicted octanol–water partition coefficient (Wildman–Crippen LogP) is 4.87. The molecule has 0 saturated carbocycles. The van der Waals surface area contributed by atoms with E-state index in [9.17, 15) is 14.7 Å². The lowest BCUT2D eigenvalue weighted by atomic mass is 10.1. The van der Waals surface area contributed by atoms with Gasteiger partial charge in [-0.1, -0.05) is 6.07 Å². The number of hydrogen-bond acceptors (Lipinski definition) is 6. The van der Waals surface area contributed by atoms with Crippen molar-refractivity contribution in [2.24, 2.45) is 0 Å². The van der Waals surface area contributed by atoms with Crippen LogP contribution in [-0.4, -0.2) is 27.1 Å². The number of nitrogens with one attached hydrogen (secondary N) is 1. The molecule has 5 rings (SSSR count). The molecule has 3 aromatic heterocycles. The molecule has 1 aromatic carbocycles. The Bertz CT molecular complexity index is 1250. The molecule has 0 unspecified atom stereocenters. The largest absolute Gasteiger partial charge is 0.477 e. The van der Waals surface area contributed by atoms with Crippen LogP contribution in [0.25, 0.3) is 10.2 Å². The molecular formula is C20H12N4O4S. The molecular weight excluding hydrogens is 392 g/mol. The molecule has 0 spiro atoms. The number of urea groups is 1. The number of ether oxygens (including phenoxy) is 1. The number of amides is 2. The van der Waals surface area contributed by atoms with Gasteiger partial charge in [0.25, 0.3) is 0 Å². The van der Waals surface area contributed by atoms with E-state index in [1.165, 1.54) is 4.90 Å². The summed E-state index contributed by atoms with van der Waals surface area (Å²) < 4.78 is 5.69. The van der Waals surface area contributed by atoms with Crippen molar-refractivity contribution in [1.82, 2.24) is 9.97 Å². The molecule has 142 valence electrons. The van der Waals surface area contributed by atoms with Gasteiger partial charge in [0, 0.05) is 18.5 Å². The monoisotopic (exact) mass is 404 g/mol. The van der Waals surface area contributed by atoms with Gasteiger partial charge in [0.1, 0.15) is 15.5 Å². The second-order valence-corrected chi connectivity index (χ2v) is 7.15. The Hall–Kier alpha value is -3.98. The number of benzene rings is 1. The van der Waals surface area contributed by atoms with Gasteiger partial charge in [0.2, 0.25) is 5.88 Å². The van der Waals surface area contributed by atoms with Crippen LogP contribution in [0.2, 0.25) is 0 Å². The molecule has 2 N–H and O–H groups in total. The van der Waals surface area contributed by atoms with Gasteiger partial charge in [-0.15, -0.1) is 11.3 Å². The summed E-state index contributed by atoms with van der Waals surface area (Å²) >= 11 is 1.03. The zero-order valence-electron chi connectivity index (χ0n) is 14.7. The van der Waals surface area contributed by atoms with Crippen LogP contribution in [-0.2, 0) is 0 Å². The number of hydrogen-bond donors (Lipinski definition) is 2. The highest BCUT2D eigenvalue weighted by Crippen LogP contribution is 2.45. The van der Waals surface area contributed by atoms with Gasteiger partial charge in [0.15, 0.2) is 0 Å². The van der Waals surface area contributed by atoms with Crippen LogP contribution in [0.15, 0.2) is 60.9 Å². The second-order valence-electron chi connectivity index (χ2n) is 6.15. The zero-order chi connectivity index (χ0) is 20.0. The maximum Gasteiger partial charge on any atom is 0.348 e. The summed E-state index contributed by atoms with van der Waals surface area (Å²) in [4.78, 5) is 34.8. The van der Waals surface area contributed by atoms with Crippen LogP contribution < -0.4 is 15.0 Å². The molecule has 2 amide bonds. The van der Waals surface area contributed by atoms with Crippen LogP contribution >= 0.6 is 11.3 Å². The van der Waals surface area contributed by atoms with Gasteiger partial charge in [0.05, 0.1) is 22.4 Å². The van der Waals surface area contributed by atoms with Crippen molar-refractivity contribution in [2.45, 2.75) is 0 Å². The summed E-state index contributed by atoms with van der Waals surface area (Å²) in [6.45, 7) is 0. The maximum absolute atomic E-state index is 12.8. The Morgan fingerprint density at radius 2 is 1.90 bits per heavy atom. The number of carboxylic acid groups (broad SMARTS) is 1. The molecule has 4 aromatic rings. The molecule has 29 heavy (non-hydrogen) atoms. The first-order valence-corrected chi connectivity index (χ1v) is 9.38. The molecule has 0 saturated heterocycles. The first kappa shape index (κ1) is 17.1. The molecule has 0 bridgehead atoms. The number of carbonyl (C=O) groups excluding carboxylic acids is 1. The Labute approximate surface area is 168 Å². The summed E-state index contributed by atoms with van der Waals surface area (Å²) in [6, 6.07) is 13.6. The highest BCUT2D eigenvalue weighted by Gasteiger charge is 2.32. The lowest BCUT2D eigenvalue weighted by Crippen LogP contribution is -2.34. The van der Waals surface area contributed by atoms with E-state index in [4.69, 9.17) is 4.74 Å². The Morgan fingerprint density at radius 3 is 2.62 bits per heavy atom. The van der Waals surface area contributed by atoms with E-state index in [1.54, 1.807) is 54.9 Å². The van der Waals surface area contributed by atoms with Gasteiger partial charge < -0.3 is 15.2 Å². The number of aromatic nitrogens is 2. The third kappa shape index (κ3) is 2.84. The van der Waals surface area contributed by atoms with Crippen molar-refractivity contribution in [3.05, 3.63) is 65.8 Å². The Kier molecular flexibility index (Phi) is 3.88. The fourth-order valence-electron chi connectivity index (χ4n) is 3.18. The summed E-state index contributed by atoms with van der Waals surface area (Å²) in [5, 5.41) is 12.7. The summed E-state index contributed by atoms with van der Waals surface area (Å²) in [6.07, 6.45) is 3.20. The third-order valence-corrected chi connectivity index (χ3v) is 5.48. The van der Waals surface area contributed by atoms with E-state index < -0.39 is 12.0 Å². The first-order chi connectivity index (χ1) is 14.1. The van der Waals surface area contributed by atoms with Crippen molar-refractivity contribution in [1.29, 1.82) is 0 Å². The minimum atomic E-state index is -1.10. The van der Waals surface area contributed by atoms with Crippen molar-refractivity contribution in [3.8, 4) is 11.6 Å². The van der Waals surface area contributed by atoms with Gasteiger partial charge in [-0.25, -0.2) is 19.6 Å². The van der Waals surface area contributed by atoms with E-state index in [0.29, 0.717) is 33.2 Å².